The van der Waals surface area contributed by atoms with Crippen LogP contribution in [0.4, 0.5) is 0 Å². The van der Waals surface area contributed by atoms with Crippen LogP contribution < -0.4 is 4.74 Å². The van der Waals surface area contributed by atoms with Crippen molar-refractivity contribution in [2.24, 2.45) is 0 Å². The summed E-state index contributed by atoms with van der Waals surface area (Å²) >= 11 is 0. The van der Waals surface area contributed by atoms with Crippen molar-refractivity contribution in [3.63, 3.8) is 0 Å². The Balaban J connectivity index is 1.90. The predicted octanol–water partition coefficient (Wildman–Crippen LogP) is 8.27. The molecule has 0 aliphatic carbocycles. The van der Waals surface area contributed by atoms with Crippen LogP contribution in [0.1, 0.15) is 109 Å². The minimum Gasteiger partial charge on any atom is -0.487 e. The summed E-state index contributed by atoms with van der Waals surface area (Å²) in [7, 11) is 0. The number of aryl methyl sites for hydroxylation is 1. The summed E-state index contributed by atoms with van der Waals surface area (Å²) in [6, 6.07) is 8.56. The van der Waals surface area contributed by atoms with Gasteiger partial charge in [0.2, 0.25) is 0 Å². The van der Waals surface area contributed by atoms with Gasteiger partial charge in [-0.2, -0.15) is 0 Å². The first-order valence-electron chi connectivity index (χ1n) is 10.9. The van der Waals surface area contributed by atoms with Crippen molar-refractivity contribution in [2.45, 2.75) is 110 Å². The molecule has 0 fully saturated rings. The van der Waals surface area contributed by atoms with Gasteiger partial charge in [-0.3, -0.25) is 0 Å². The molecule has 0 spiro atoms. The zero-order valence-corrected chi connectivity index (χ0v) is 16.9. The van der Waals surface area contributed by atoms with Crippen LogP contribution in [0, 0.1) is 6.61 Å². The van der Waals surface area contributed by atoms with Crippen LogP contribution in [-0.2, 0) is 6.42 Å². The zero-order valence-electron chi connectivity index (χ0n) is 16.9. The van der Waals surface area contributed by atoms with E-state index in [2.05, 4.69) is 32.0 Å². The number of rotatable bonds is 17. The van der Waals surface area contributed by atoms with E-state index in [1.165, 1.54) is 95.5 Å². The molecular weight excluding hydrogens is 304 g/mol. The van der Waals surface area contributed by atoms with Crippen LogP contribution in [0.3, 0.4) is 0 Å². The van der Waals surface area contributed by atoms with E-state index >= 15 is 0 Å². The Labute approximate surface area is 157 Å². The Kier molecular flexibility index (Phi) is 14.5. The van der Waals surface area contributed by atoms with Gasteiger partial charge in [0, 0.05) is 0 Å². The van der Waals surface area contributed by atoms with E-state index in [0.717, 1.165) is 12.2 Å². The molecule has 0 N–H and O–H groups in total. The van der Waals surface area contributed by atoms with Gasteiger partial charge >= 0.3 is 0 Å². The Morgan fingerprint density at radius 2 is 1.28 bits per heavy atom. The van der Waals surface area contributed by atoms with Crippen LogP contribution in [0.15, 0.2) is 24.3 Å². The lowest BCUT2D eigenvalue weighted by Crippen LogP contribution is -1.91. The molecule has 0 heterocycles. The van der Waals surface area contributed by atoms with Gasteiger partial charge in [0.05, 0.1) is 0 Å². The molecule has 1 radical (unpaired) electrons. The fourth-order valence-electron chi connectivity index (χ4n) is 3.30. The average molecular weight is 346 g/mol. The maximum Gasteiger partial charge on any atom is 0.135 e. The molecule has 0 aliphatic heterocycles. The molecule has 0 bridgehead atoms. The highest BCUT2D eigenvalue weighted by Gasteiger charge is 1.98. The summed E-state index contributed by atoms with van der Waals surface area (Å²) < 4.78 is 5.59. The largest absolute Gasteiger partial charge is 0.487 e. The second-order valence-corrected chi connectivity index (χ2v) is 7.33. The van der Waals surface area contributed by atoms with Gasteiger partial charge in [-0.15, -0.1) is 0 Å². The molecule has 1 aromatic rings. The molecule has 0 saturated heterocycles. The molecule has 25 heavy (non-hydrogen) atoms. The third kappa shape index (κ3) is 13.0. The SMILES string of the molecule is CC[CH]Oc1cccc(CCCCCCCCCCCCCCC)c1. The molecule has 1 rings (SSSR count). The third-order valence-electron chi connectivity index (χ3n) is 4.85. The lowest BCUT2D eigenvalue weighted by Gasteiger charge is -2.07. The fourth-order valence-corrected chi connectivity index (χ4v) is 3.30. The lowest BCUT2D eigenvalue weighted by molar-refractivity contribution is 0.397. The highest BCUT2D eigenvalue weighted by molar-refractivity contribution is 5.28. The first kappa shape index (κ1) is 22.1. The van der Waals surface area contributed by atoms with Crippen LogP contribution >= 0.6 is 0 Å². The molecule has 1 heteroatoms. The van der Waals surface area contributed by atoms with E-state index in [0.29, 0.717) is 0 Å². The highest BCUT2D eigenvalue weighted by Crippen LogP contribution is 2.17. The number of benzene rings is 1. The van der Waals surface area contributed by atoms with E-state index in [4.69, 9.17) is 4.74 Å². The molecule has 0 aromatic heterocycles. The molecule has 1 nitrogen and oxygen atoms in total. The summed E-state index contributed by atoms with van der Waals surface area (Å²) in [5.41, 5.74) is 1.41. The van der Waals surface area contributed by atoms with Crippen molar-refractivity contribution in [1.82, 2.24) is 0 Å². The Morgan fingerprint density at radius 1 is 0.720 bits per heavy atom. The van der Waals surface area contributed by atoms with Crippen molar-refractivity contribution < 1.29 is 4.74 Å². The second-order valence-electron chi connectivity index (χ2n) is 7.33. The second kappa shape index (κ2) is 16.5. The van der Waals surface area contributed by atoms with Gasteiger partial charge in [-0.25, -0.2) is 0 Å². The summed E-state index contributed by atoms with van der Waals surface area (Å²) in [5, 5.41) is 0. The van der Waals surface area contributed by atoms with E-state index in [1.54, 1.807) is 0 Å². The van der Waals surface area contributed by atoms with Crippen LogP contribution in [0.2, 0.25) is 0 Å². The maximum absolute atomic E-state index is 5.59. The number of unbranched alkanes of at least 4 members (excludes halogenated alkanes) is 12. The number of hydrogen-bond donors (Lipinski definition) is 0. The Morgan fingerprint density at radius 3 is 1.84 bits per heavy atom. The van der Waals surface area contributed by atoms with Gasteiger partial charge in [-0.1, -0.05) is 103 Å². The number of hydrogen-bond acceptors (Lipinski definition) is 1. The zero-order chi connectivity index (χ0) is 18.0. The fraction of sp³-hybridized carbons (Fsp3) is 0.708. The van der Waals surface area contributed by atoms with Gasteiger partial charge in [0.1, 0.15) is 12.4 Å². The molecule has 0 amide bonds. The maximum atomic E-state index is 5.59. The minimum absolute atomic E-state index is 0.948. The van der Waals surface area contributed by atoms with Gasteiger partial charge in [-0.05, 0) is 37.0 Å². The van der Waals surface area contributed by atoms with Crippen molar-refractivity contribution in [2.75, 3.05) is 0 Å². The quantitative estimate of drug-likeness (QED) is 0.258. The van der Waals surface area contributed by atoms with Crippen LogP contribution in [0.25, 0.3) is 0 Å². The van der Waals surface area contributed by atoms with E-state index in [-0.39, 0.29) is 0 Å². The van der Waals surface area contributed by atoms with Crippen molar-refractivity contribution in [1.29, 1.82) is 0 Å². The van der Waals surface area contributed by atoms with Crippen molar-refractivity contribution in [3.8, 4) is 5.75 Å². The first-order chi connectivity index (χ1) is 12.4. The molecule has 0 unspecified atom stereocenters. The Hall–Kier alpha value is -0.980. The minimum atomic E-state index is 0.948. The summed E-state index contributed by atoms with van der Waals surface area (Å²) in [6.45, 7) is 6.25. The average Bonchev–Trinajstić information content (AvgIpc) is 2.64. The van der Waals surface area contributed by atoms with Crippen molar-refractivity contribution >= 4 is 0 Å². The van der Waals surface area contributed by atoms with Crippen LogP contribution in [0.5, 0.6) is 5.75 Å². The molecule has 1 aromatic carbocycles. The predicted molar refractivity (Wildman–Crippen MR) is 111 cm³/mol. The van der Waals surface area contributed by atoms with Crippen LogP contribution in [-0.4, -0.2) is 0 Å². The normalized spacial score (nSPS) is 11.0. The molecule has 0 saturated carbocycles. The lowest BCUT2D eigenvalue weighted by atomic mass is 10.0. The Bertz CT molecular complexity index is 399. The summed E-state index contributed by atoms with van der Waals surface area (Å²) in [4.78, 5) is 0. The molecule has 143 valence electrons. The van der Waals surface area contributed by atoms with Gasteiger partial charge in [0.25, 0.3) is 0 Å². The standard InChI is InChI=1S/C24H41O/c1-3-5-6-7-8-9-10-11-12-13-14-15-16-18-23-19-17-20-24(22-23)25-21-4-2/h17,19-22H,3-16,18H2,1-2H3. The van der Waals surface area contributed by atoms with Gasteiger partial charge in [0.15, 0.2) is 0 Å². The molecule has 0 atom stereocenters. The van der Waals surface area contributed by atoms with Crippen molar-refractivity contribution in [3.05, 3.63) is 36.4 Å². The first-order valence-corrected chi connectivity index (χ1v) is 10.9. The van der Waals surface area contributed by atoms with E-state index < -0.39 is 0 Å². The summed E-state index contributed by atoms with van der Waals surface area (Å²) in [5.74, 6) is 0.981. The molecular formula is C24H41O. The number of ether oxygens (including phenoxy) is 1. The van der Waals surface area contributed by atoms with E-state index in [9.17, 15) is 0 Å². The van der Waals surface area contributed by atoms with E-state index in [1.807, 2.05) is 12.7 Å². The smallest absolute Gasteiger partial charge is 0.135 e. The third-order valence-corrected chi connectivity index (χ3v) is 4.85. The molecule has 0 aliphatic rings. The monoisotopic (exact) mass is 345 g/mol. The summed E-state index contributed by atoms with van der Waals surface area (Å²) in [6.07, 6.45) is 20.5. The highest BCUT2D eigenvalue weighted by atomic mass is 16.5. The topological polar surface area (TPSA) is 9.23 Å². The van der Waals surface area contributed by atoms with Gasteiger partial charge < -0.3 is 4.74 Å².